The first-order valence-electron chi connectivity index (χ1n) is 23.4. The maximum atomic E-state index is 12.7. The second-order valence-corrected chi connectivity index (χ2v) is 16.5. The van der Waals surface area contributed by atoms with E-state index in [0.717, 1.165) is 70.1 Å². The van der Waals surface area contributed by atoms with Gasteiger partial charge in [0.15, 0.2) is 6.10 Å². The fraction of sp³-hybridized carbons (Fsp3) is 0.936. The van der Waals surface area contributed by atoms with Crippen LogP contribution in [0.15, 0.2) is 0 Å². The molecule has 0 radical (unpaired) electrons. The van der Waals surface area contributed by atoms with E-state index in [1.807, 2.05) is 0 Å². The van der Waals surface area contributed by atoms with Gasteiger partial charge in [-0.15, -0.1) is 0 Å². The minimum Gasteiger partial charge on any atom is -0.462 e. The SMILES string of the molecule is CCCCCCCCCCCCCCCCCCCC(=O)O[C@@H](COC(=O)CCCCCCC)COC(=O)CCCCCCCCCCCCC(C)C. The number of hydrogen-bond acceptors (Lipinski definition) is 6. The van der Waals surface area contributed by atoms with Gasteiger partial charge in [-0.2, -0.15) is 0 Å². The van der Waals surface area contributed by atoms with Crippen molar-refractivity contribution in [2.75, 3.05) is 13.2 Å². The quantitative estimate of drug-likeness (QED) is 0.0351. The fourth-order valence-corrected chi connectivity index (χ4v) is 6.98. The van der Waals surface area contributed by atoms with Crippen LogP contribution in [0.25, 0.3) is 0 Å². The largest absolute Gasteiger partial charge is 0.462 e. The summed E-state index contributed by atoms with van der Waals surface area (Å²) in [6.45, 7) is 8.91. The summed E-state index contributed by atoms with van der Waals surface area (Å²) in [5.74, 6) is -0.0481. The third-order valence-electron chi connectivity index (χ3n) is 10.5. The molecule has 0 fully saturated rings. The summed E-state index contributed by atoms with van der Waals surface area (Å²) in [5.41, 5.74) is 0. The molecule has 0 aromatic heterocycles. The maximum Gasteiger partial charge on any atom is 0.306 e. The highest BCUT2D eigenvalue weighted by Crippen LogP contribution is 2.16. The van der Waals surface area contributed by atoms with Crippen molar-refractivity contribution in [3.05, 3.63) is 0 Å². The van der Waals surface area contributed by atoms with E-state index in [9.17, 15) is 14.4 Å². The van der Waals surface area contributed by atoms with Crippen LogP contribution >= 0.6 is 0 Å². The van der Waals surface area contributed by atoms with Crippen molar-refractivity contribution in [3.8, 4) is 0 Å². The minimum atomic E-state index is -0.758. The van der Waals surface area contributed by atoms with Crippen LogP contribution in [0.3, 0.4) is 0 Å². The maximum absolute atomic E-state index is 12.7. The molecule has 0 saturated heterocycles. The predicted molar refractivity (Wildman–Crippen MR) is 224 cm³/mol. The molecule has 0 amide bonds. The number of esters is 3. The van der Waals surface area contributed by atoms with Gasteiger partial charge in [-0.3, -0.25) is 14.4 Å². The normalized spacial score (nSPS) is 11.9. The highest BCUT2D eigenvalue weighted by atomic mass is 16.6. The molecular weight excluding hydrogens is 661 g/mol. The molecule has 0 aromatic rings. The lowest BCUT2D eigenvalue weighted by molar-refractivity contribution is -0.167. The van der Waals surface area contributed by atoms with E-state index in [1.165, 1.54) is 148 Å². The van der Waals surface area contributed by atoms with Crippen LogP contribution in [0.2, 0.25) is 0 Å². The molecule has 0 aromatic carbocycles. The molecule has 0 heterocycles. The number of rotatable bonds is 42. The van der Waals surface area contributed by atoms with Gasteiger partial charge in [-0.1, -0.05) is 220 Å². The van der Waals surface area contributed by atoms with Crippen molar-refractivity contribution in [2.45, 2.75) is 265 Å². The Balaban J connectivity index is 4.15. The molecule has 0 saturated carbocycles. The molecule has 0 bridgehead atoms. The van der Waals surface area contributed by atoms with Crippen LogP contribution in [0, 0.1) is 5.92 Å². The van der Waals surface area contributed by atoms with Crippen LogP contribution in [0.5, 0.6) is 0 Å². The third kappa shape index (κ3) is 41.4. The van der Waals surface area contributed by atoms with Crippen molar-refractivity contribution < 1.29 is 28.6 Å². The van der Waals surface area contributed by atoms with E-state index in [4.69, 9.17) is 14.2 Å². The van der Waals surface area contributed by atoms with Gasteiger partial charge in [0.05, 0.1) is 0 Å². The van der Waals surface area contributed by atoms with Crippen molar-refractivity contribution in [1.82, 2.24) is 0 Å². The van der Waals surface area contributed by atoms with Gasteiger partial charge in [0.2, 0.25) is 0 Å². The number of ether oxygens (including phenoxy) is 3. The molecule has 0 N–H and O–H groups in total. The molecule has 53 heavy (non-hydrogen) atoms. The third-order valence-corrected chi connectivity index (χ3v) is 10.5. The number of carbonyl (C=O) groups excluding carboxylic acids is 3. The lowest BCUT2D eigenvalue weighted by Gasteiger charge is -2.18. The first-order chi connectivity index (χ1) is 25.9. The van der Waals surface area contributed by atoms with Gasteiger partial charge in [0.1, 0.15) is 13.2 Å². The first kappa shape index (κ1) is 51.4. The zero-order chi connectivity index (χ0) is 38.9. The zero-order valence-corrected chi connectivity index (χ0v) is 36.0. The van der Waals surface area contributed by atoms with Crippen LogP contribution in [-0.4, -0.2) is 37.2 Å². The highest BCUT2D eigenvalue weighted by molar-refractivity contribution is 5.71. The summed E-state index contributed by atoms with van der Waals surface area (Å²) >= 11 is 0. The number of carbonyl (C=O) groups is 3. The van der Waals surface area contributed by atoms with Crippen molar-refractivity contribution in [1.29, 1.82) is 0 Å². The van der Waals surface area contributed by atoms with Crippen molar-refractivity contribution >= 4 is 17.9 Å². The zero-order valence-electron chi connectivity index (χ0n) is 36.0. The van der Waals surface area contributed by atoms with E-state index in [0.29, 0.717) is 19.3 Å². The van der Waals surface area contributed by atoms with Crippen LogP contribution in [0.4, 0.5) is 0 Å². The molecule has 6 nitrogen and oxygen atoms in total. The lowest BCUT2D eigenvalue weighted by atomic mass is 10.0. The van der Waals surface area contributed by atoms with Gasteiger partial charge < -0.3 is 14.2 Å². The summed E-state index contributed by atoms with van der Waals surface area (Å²) in [6.07, 6.45) is 41.2. The smallest absolute Gasteiger partial charge is 0.306 e. The van der Waals surface area contributed by atoms with Crippen molar-refractivity contribution in [2.24, 2.45) is 5.92 Å². The lowest BCUT2D eigenvalue weighted by Crippen LogP contribution is -2.30. The number of unbranched alkanes of at least 4 members (excludes halogenated alkanes) is 29. The Morgan fingerprint density at radius 1 is 0.358 bits per heavy atom. The molecule has 0 aliphatic heterocycles. The molecular formula is C47H90O6. The fourth-order valence-electron chi connectivity index (χ4n) is 6.98. The molecule has 0 aliphatic carbocycles. The summed E-state index contributed by atoms with van der Waals surface area (Å²) < 4.78 is 16.6. The van der Waals surface area contributed by atoms with Crippen LogP contribution in [0.1, 0.15) is 259 Å². The second kappa shape index (κ2) is 41.6. The first-order valence-corrected chi connectivity index (χ1v) is 23.4. The van der Waals surface area contributed by atoms with E-state index >= 15 is 0 Å². The molecule has 314 valence electrons. The average molecular weight is 751 g/mol. The summed E-state index contributed by atoms with van der Waals surface area (Å²) in [7, 11) is 0. The van der Waals surface area contributed by atoms with E-state index in [1.54, 1.807) is 0 Å². The van der Waals surface area contributed by atoms with Gasteiger partial charge in [0.25, 0.3) is 0 Å². The van der Waals surface area contributed by atoms with Gasteiger partial charge in [0, 0.05) is 19.3 Å². The topological polar surface area (TPSA) is 78.9 Å². The molecule has 0 aliphatic rings. The number of hydrogen-bond donors (Lipinski definition) is 0. The highest BCUT2D eigenvalue weighted by Gasteiger charge is 2.19. The summed E-state index contributed by atoms with van der Waals surface area (Å²) in [4.78, 5) is 37.5. The second-order valence-electron chi connectivity index (χ2n) is 16.5. The molecule has 1 atom stereocenters. The van der Waals surface area contributed by atoms with Gasteiger partial charge >= 0.3 is 17.9 Å². The Hall–Kier alpha value is -1.59. The Bertz CT molecular complexity index is 796. The van der Waals surface area contributed by atoms with E-state index in [2.05, 4.69) is 27.7 Å². The summed E-state index contributed by atoms with van der Waals surface area (Å²) in [5, 5.41) is 0. The molecule has 6 heteroatoms. The molecule has 0 unspecified atom stereocenters. The standard InChI is InChI=1S/C47H90O6/c1-5-7-9-11-12-13-14-15-16-17-18-19-20-25-28-32-36-40-47(50)53-44(41-51-45(48)38-34-29-10-8-6-2)42-52-46(49)39-35-31-27-24-22-21-23-26-30-33-37-43(3)4/h43-44H,5-42H2,1-4H3/t44-/m0/s1. The molecule has 0 spiro atoms. The summed E-state index contributed by atoms with van der Waals surface area (Å²) in [6, 6.07) is 0. The van der Waals surface area contributed by atoms with E-state index in [-0.39, 0.29) is 31.1 Å². The van der Waals surface area contributed by atoms with Crippen LogP contribution in [-0.2, 0) is 28.6 Å². The molecule has 0 rings (SSSR count). The van der Waals surface area contributed by atoms with Crippen molar-refractivity contribution in [3.63, 3.8) is 0 Å². The van der Waals surface area contributed by atoms with Gasteiger partial charge in [-0.25, -0.2) is 0 Å². The van der Waals surface area contributed by atoms with Crippen LogP contribution < -0.4 is 0 Å². The Morgan fingerprint density at radius 3 is 0.925 bits per heavy atom. The van der Waals surface area contributed by atoms with E-state index < -0.39 is 6.10 Å². The Labute approximate surface area is 329 Å². The Morgan fingerprint density at radius 2 is 0.623 bits per heavy atom. The predicted octanol–water partition coefficient (Wildman–Crippen LogP) is 14.7. The Kier molecular flexibility index (Phi) is 40.3. The average Bonchev–Trinajstić information content (AvgIpc) is 3.14. The van der Waals surface area contributed by atoms with Gasteiger partial charge in [-0.05, 0) is 25.2 Å². The monoisotopic (exact) mass is 751 g/mol. The minimum absolute atomic E-state index is 0.0649.